The van der Waals surface area contributed by atoms with E-state index >= 15 is 0 Å². The lowest BCUT2D eigenvalue weighted by Crippen LogP contribution is -2.31. The van der Waals surface area contributed by atoms with Gasteiger partial charge in [-0.2, -0.15) is 0 Å². The monoisotopic (exact) mass is 600 g/mol. The maximum atomic E-state index is 12.7. The molecule has 0 bridgehead atoms. The van der Waals surface area contributed by atoms with Crippen molar-refractivity contribution in [2.45, 2.75) is 0 Å². The van der Waals surface area contributed by atoms with Crippen LogP contribution in [-0.2, 0) is 19.2 Å². The fourth-order valence-corrected chi connectivity index (χ4v) is 3.77. The second kappa shape index (κ2) is 8.78. The van der Waals surface area contributed by atoms with Crippen LogP contribution in [-0.4, -0.2) is 23.5 Å². The van der Waals surface area contributed by atoms with Crippen LogP contribution in [0.2, 0.25) is 0 Å². The van der Waals surface area contributed by atoms with Crippen LogP contribution in [0.25, 0.3) is 0 Å². The van der Waals surface area contributed by atoms with Gasteiger partial charge in [-0.3, -0.25) is 9.59 Å². The number of ketones is 2. The summed E-state index contributed by atoms with van der Waals surface area (Å²) in [4.78, 5) is 50.3. The molecule has 3 rings (SSSR count). The minimum absolute atomic E-state index is 0.191. The van der Waals surface area contributed by atoms with Crippen LogP contribution < -0.4 is 9.47 Å². The molecule has 0 saturated heterocycles. The van der Waals surface area contributed by atoms with E-state index in [1.54, 1.807) is 106 Å². The largest absolute Gasteiger partial charge is 0.423 e. The third-order valence-electron chi connectivity index (χ3n) is 3.61. The molecule has 0 N–H and O–H groups in total. The summed E-state index contributed by atoms with van der Waals surface area (Å²) in [6, 6.07) is 16.3. The molecule has 6 nitrogen and oxygen atoms in total. The number of hydrogen-bond acceptors (Lipinski definition) is 6. The molecule has 0 atom stereocenters. The van der Waals surface area contributed by atoms with Crippen LogP contribution in [0, 0.1) is 0 Å². The van der Waals surface area contributed by atoms with E-state index in [4.69, 9.17) is 9.47 Å². The Balaban J connectivity index is 1.88. The molecule has 0 fully saturated rings. The number of halogens is 2. The third kappa shape index (κ3) is 4.22. The number of para-hydroxylation sites is 2. The molecule has 0 heterocycles. The number of hydrogen-bond donors (Lipinski definition) is 0. The Hall–Kier alpha value is -2.34. The predicted molar refractivity (Wildman–Crippen MR) is 116 cm³/mol. The summed E-state index contributed by atoms with van der Waals surface area (Å²) in [6.45, 7) is 0. The molecule has 0 aliphatic heterocycles. The minimum Gasteiger partial charge on any atom is -0.423 e. The molecular weight excluding hydrogens is 590 g/mol. The number of rotatable bonds is 4. The van der Waals surface area contributed by atoms with Crippen molar-refractivity contribution in [2.75, 3.05) is 0 Å². The van der Waals surface area contributed by atoms with Gasteiger partial charge in [-0.1, -0.05) is 36.4 Å². The maximum absolute atomic E-state index is 12.7. The number of esters is 2. The van der Waals surface area contributed by atoms with Gasteiger partial charge in [0.25, 0.3) is 0 Å². The molecule has 28 heavy (non-hydrogen) atoms. The van der Waals surface area contributed by atoms with E-state index in [1.165, 1.54) is 0 Å². The number of benzene rings is 2. The van der Waals surface area contributed by atoms with Gasteiger partial charge in [0.05, 0.1) is 7.16 Å². The zero-order valence-electron chi connectivity index (χ0n) is 14.0. The first-order chi connectivity index (χ1) is 13.4. The Morgan fingerprint density at radius 2 is 0.929 bits per heavy atom. The van der Waals surface area contributed by atoms with E-state index in [-0.39, 0.29) is 18.7 Å². The first kappa shape index (κ1) is 20.4. The van der Waals surface area contributed by atoms with E-state index < -0.39 is 34.7 Å². The quantitative estimate of drug-likeness (QED) is 0.175. The van der Waals surface area contributed by atoms with Crippen molar-refractivity contribution in [3.8, 4) is 11.5 Å². The summed E-state index contributed by atoms with van der Waals surface area (Å²) >= 11 is 3.14. The van der Waals surface area contributed by atoms with Gasteiger partial charge in [0.1, 0.15) is 22.6 Å². The van der Waals surface area contributed by atoms with Gasteiger partial charge in [0.15, 0.2) is 0 Å². The van der Waals surface area contributed by atoms with Crippen LogP contribution >= 0.6 is 45.2 Å². The second-order valence-corrected chi connectivity index (χ2v) is 7.60. The third-order valence-corrected chi connectivity index (χ3v) is 5.67. The number of carbonyl (C=O) groups excluding carboxylic acids is 4. The summed E-state index contributed by atoms with van der Waals surface area (Å²) in [5.74, 6) is -2.97. The standard InChI is InChI=1S/C20H10I2O6/c21-15-13(19(25)27-11-7-3-1-4-8-11)17(23)16(22)14(18(15)24)20(26)28-12-9-5-2-6-10-12/h1-10H. The smallest absolute Gasteiger partial charge is 0.348 e. The van der Waals surface area contributed by atoms with Crippen LogP contribution in [0.1, 0.15) is 0 Å². The van der Waals surface area contributed by atoms with Gasteiger partial charge < -0.3 is 9.47 Å². The number of allylic oxidation sites excluding steroid dienone is 2. The lowest BCUT2D eigenvalue weighted by molar-refractivity contribution is -0.135. The number of ether oxygens (including phenoxy) is 2. The Morgan fingerprint density at radius 3 is 1.25 bits per heavy atom. The zero-order chi connectivity index (χ0) is 20.3. The van der Waals surface area contributed by atoms with E-state index in [1.807, 2.05) is 0 Å². The molecule has 0 spiro atoms. The minimum atomic E-state index is -0.960. The van der Waals surface area contributed by atoms with Crippen LogP contribution in [0.4, 0.5) is 0 Å². The van der Waals surface area contributed by atoms with Crippen molar-refractivity contribution in [1.29, 1.82) is 0 Å². The summed E-state index contributed by atoms with van der Waals surface area (Å²) in [5.41, 5.74) is -0.815. The summed E-state index contributed by atoms with van der Waals surface area (Å²) in [6.07, 6.45) is 0. The normalized spacial score (nSPS) is 14.2. The molecule has 140 valence electrons. The van der Waals surface area contributed by atoms with Gasteiger partial charge in [-0.05, 0) is 69.4 Å². The molecule has 0 amide bonds. The summed E-state index contributed by atoms with van der Waals surface area (Å²) < 4.78 is 9.95. The fraction of sp³-hybridized carbons (Fsp3) is 0. The van der Waals surface area contributed by atoms with Crippen molar-refractivity contribution >= 4 is 68.7 Å². The highest BCUT2D eigenvalue weighted by atomic mass is 127. The highest BCUT2D eigenvalue weighted by Gasteiger charge is 2.40. The number of Topliss-reactive ketones (excluding diaryl/α,β-unsaturated/α-hetero) is 2. The highest BCUT2D eigenvalue weighted by molar-refractivity contribution is 14.1. The maximum Gasteiger partial charge on any atom is 0.348 e. The molecule has 8 heteroatoms. The molecule has 0 unspecified atom stereocenters. The molecule has 2 aromatic rings. The molecule has 0 aromatic heterocycles. The zero-order valence-corrected chi connectivity index (χ0v) is 18.3. The van der Waals surface area contributed by atoms with Crippen LogP contribution in [0.5, 0.6) is 11.5 Å². The highest BCUT2D eigenvalue weighted by Crippen LogP contribution is 2.33. The first-order valence-corrected chi connectivity index (χ1v) is 9.99. The predicted octanol–water partition coefficient (Wildman–Crippen LogP) is 3.73. The molecular formula is C20H10I2O6. The average Bonchev–Trinajstić information content (AvgIpc) is 2.68. The van der Waals surface area contributed by atoms with Crippen molar-refractivity contribution in [3.63, 3.8) is 0 Å². The van der Waals surface area contributed by atoms with E-state index in [2.05, 4.69) is 0 Å². The van der Waals surface area contributed by atoms with Crippen LogP contribution in [0.15, 0.2) is 79.0 Å². The molecule has 0 radical (unpaired) electrons. The summed E-state index contributed by atoms with van der Waals surface area (Å²) in [7, 11) is 0. The average molecular weight is 600 g/mol. The Bertz CT molecular complexity index is 953. The summed E-state index contributed by atoms with van der Waals surface area (Å²) in [5, 5.41) is 0. The van der Waals surface area contributed by atoms with Crippen molar-refractivity contribution in [2.24, 2.45) is 0 Å². The lowest BCUT2D eigenvalue weighted by atomic mass is 9.97. The van der Waals surface area contributed by atoms with E-state index in [0.29, 0.717) is 0 Å². The molecule has 1 aliphatic rings. The van der Waals surface area contributed by atoms with Gasteiger partial charge in [0, 0.05) is 0 Å². The molecule has 2 aromatic carbocycles. The van der Waals surface area contributed by atoms with Crippen molar-refractivity contribution in [1.82, 2.24) is 0 Å². The van der Waals surface area contributed by atoms with Crippen molar-refractivity contribution in [3.05, 3.63) is 79.0 Å². The van der Waals surface area contributed by atoms with Gasteiger partial charge in [-0.15, -0.1) is 0 Å². The van der Waals surface area contributed by atoms with Crippen LogP contribution in [0.3, 0.4) is 0 Å². The van der Waals surface area contributed by atoms with Gasteiger partial charge in [0.2, 0.25) is 11.6 Å². The topological polar surface area (TPSA) is 86.7 Å². The molecule has 1 aliphatic carbocycles. The second-order valence-electron chi connectivity index (χ2n) is 5.44. The van der Waals surface area contributed by atoms with E-state index in [9.17, 15) is 19.2 Å². The molecule has 0 saturated carbocycles. The first-order valence-electron chi connectivity index (χ1n) is 7.83. The fourth-order valence-electron chi connectivity index (χ4n) is 2.30. The number of carbonyl (C=O) groups is 4. The SMILES string of the molecule is O=C(Oc1ccccc1)C1=C(I)C(=O)C(C(=O)Oc2ccccc2)=C(I)C1=O. The van der Waals surface area contributed by atoms with Gasteiger partial charge in [-0.25, -0.2) is 9.59 Å². The van der Waals surface area contributed by atoms with E-state index in [0.717, 1.165) is 0 Å². The Morgan fingerprint density at radius 1 is 0.607 bits per heavy atom. The Kier molecular flexibility index (Phi) is 6.39. The Labute approximate surface area is 186 Å². The van der Waals surface area contributed by atoms with Gasteiger partial charge >= 0.3 is 11.9 Å². The lowest BCUT2D eigenvalue weighted by Gasteiger charge is -2.17. The van der Waals surface area contributed by atoms with Crippen molar-refractivity contribution < 1.29 is 28.7 Å².